The first-order chi connectivity index (χ1) is 7.20. The molecule has 1 rings (SSSR count). The SMILES string of the molecule is O=C(O)c1cc(I)cc(I)c1OC(F)(F)F. The van der Waals surface area contributed by atoms with Crippen molar-refractivity contribution in [2.45, 2.75) is 6.36 Å². The van der Waals surface area contributed by atoms with E-state index in [0.29, 0.717) is 3.57 Å². The van der Waals surface area contributed by atoms with Crippen LogP contribution in [0.3, 0.4) is 0 Å². The summed E-state index contributed by atoms with van der Waals surface area (Å²) in [4.78, 5) is 10.8. The van der Waals surface area contributed by atoms with Crippen LogP contribution in [0.25, 0.3) is 0 Å². The van der Waals surface area contributed by atoms with Crippen molar-refractivity contribution in [1.29, 1.82) is 0 Å². The van der Waals surface area contributed by atoms with Gasteiger partial charge in [0, 0.05) is 3.57 Å². The lowest BCUT2D eigenvalue weighted by molar-refractivity contribution is -0.275. The lowest BCUT2D eigenvalue weighted by Crippen LogP contribution is -2.20. The molecule has 0 saturated carbocycles. The molecule has 0 spiro atoms. The van der Waals surface area contributed by atoms with E-state index in [9.17, 15) is 18.0 Å². The minimum atomic E-state index is -4.91. The van der Waals surface area contributed by atoms with E-state index < -0.39 is 23.6 Å². The molecule has 1 aromatic carbocycles. The monoisotopic (exact) mass is 458 g/mol. The van der Waals surface area contributed by atoms with Gasteiger partial charge in [-0.1, -0.05) is 0 Å². The van der Waals surface area contributed by atoms with Crippen LogP contribution in [-0.4, -0.2) is 17.4 Å². The number of carbonyl (C=O) groups is 1. The number of rotatable bonds is 2. The maximum atomic E-state index is 12.0. The van der Waals surface area contributed by atoms with Gasteiger partial charge in [-0.15, -0.1) is 13.2 Å². The Morgan fingerprint density at radius 1 is 1.31 bits per heavy atom. The minimum absolute atomic E-state index is 0.0965. The number of carboxylic acids is 1. The van der Waals surface area contributed by atoms with Gasteiger partial charge in [-0.25, -0.2) is 4.79 Å². The molecule has 0 unspecified atom stereocenters. The van der Waals surface area contributed by atoms with Crippen molar-refractivity contribution in [1.82, 2.24) is 0 Å². The Kier molecular flexibility index (Phi) is 4.26. The van der Waals surface area contributed by atoms with Crippen molar-refractivity contribution >= 4 is 51.2 Å². The summed E-state index contributed by atoms with van der Waals surface area (Å²) < 4.78 is 40.4. The summed E-state index contributed by atoms with van der Waals surface area (Å²) in [6.45, 7) is 0. The fraction of sp³-hybridized carbons (Fsp3) is 0.125. The van der Waals surface area contributed by atoms with E-state index in [1.165, 1.54) is 6.07 Å². The highest BCUT2D eigenvalue weighted by Gasteiger charge is 2.34. The number of hydrogen-bond acceptors (Lipinski definition) is 2. The third kappa shape index (κ3) is 3.64. The number of aromatic carboxylic acids is 1. The van der Waals surface area contributed by atoms with Crippen LogP contribution in [0.4, 0.5) is 13.2 Å². The first kappa shape index (κ1) is 13.8. The number of benzene rings is 1. The average Bonchev–Trinajstić information content (AvgIpc) is 2.07. The molecule has 1 N–H and O–H groups in total. The quantitative estimate of drug-likeness (QED) is 0.691. The fourth-order valence-corrected chi connectivity index (χ4v) is 2.89. The molecule has 0 aromatic heterocycles. The zero-order valence-corrected chi connectivity index (χ0v) is 11.6. The van der Waals surface area contributed by atoms with Crippen LogP contribution in [0.5, 0.6) is 5.75 Å². The van der Waals surface area contributed by atoms with E-state index in [-0.39, 0.29) is 3.57 Å². The molecule has 0 aliphatic heterocycles. The van der Waals surface area contributed by atoms with Crippen molar-refractivity contribution in [3.8, 4) is 5.75 Å². The van der Waals surface area contributed by atoms with E-state index in [2.05, 4.69) is 4.74 Å². The van der Waals surface area contributed by atoms with Crippen molar-refractivity contribution < 1.29 is 27.8 Å². The van der Waals surface area contributed by atoms with Gasteiger partial charge in [0.2, 0.25) is 0 Å². The lowest BCUT2D eigenvalue weighted by atomic mass is 10.2. The molecule has 16 heavy (non-hydrogen) atoms. The minimum Gasteiger partial charge on any atom is -0.478 e. The molecule has 0 aliphatic carbocycles. The normalized spacial score (nSPS) is 11.3. The molecule has 0 aliphatic rings. The molecule has 0 bridgehead atoms. The maximum Gasteiger partial charge on any atom is 0.573 e. The first-order valence-corrected chi connectivity index (χ1v) is 5.84. The molecule has 8 heteroatoms. The van der Waals surface area contributed by atoms with Crippen molar-refractivity contribution in [3.63, 3.8) is 0 Å². The van der Waals surface area contributed by atoms with Gasteiger partial charge >= 0.3 is 12.3 Å². The van der Waals surface area contributed by atoms with Crippen LogP contribution >= 0.6 is 45.2 Å². The van der Waals surface area contributed by atoms with Gasteiger partial charge in [-0.3, -0.25) is 0 Å². The molecule has 0 fully saturated rings. The number of halogens is 5. The number of carboxylic acid groups (broad SMARTS) is 1. The van der Waals surface area contributed by atoms with Gasteiger partial charge in [-0.2, -0.15) is 0 Å². The Balaban J connectivity index is 3.30. The van der Waals surface area contributed by atoms with Gasteiger partial charge < -0.3 is 9.84 Å². The fourth-order valence-electron chi connectivity index (χ4n) is 0.939. The Morgan fingerprint density at radius 2 is 1.88 bits per heavy atom. The van der Waals surface area contributed by atoms with E-state index in [4.69, 9.17) is 5.11 Å². The Hall–Kier alpha value is -0.260. The average molecular weight is 458 g/mol. The molecular formula is C8H3F3I2O3. The second-order valence-electron chi connectivity index (χ2n) is 2.62. The van der Waals surface area contributed by atoms with E-state index in [1.54, 1.807) is 22.6 Å². The first-order valence-electron chi connectivity index (χ1n) is 3.69. The second-order valence-corrected chi connectivity index (χ2v) is 5.03. The van der Waals surface area contributed by atoms with Gasteiger partial charge in [0.05, 0.1) is 3.57 Å². The Morgan fingerprint density at radius 3 is 2.31 bits per heavy atom. The van der Waals surface area contributed by atoms with Gasteiger partial charge in [0.1, 0.15) is 5.56 Å². The van der Waals surface area contributed by atoms with E-state index in [0.717, 1.165) is 6.07 Å². The van der Waals surface area contributed by atoms with Crippen LogP contribution in [-0.2, 0) is 0 Å². The predicted molar refractivity (Wildman–Crippen MR) is 65.5 cm³/mol. The zero-order chi connectivity index (χ0) is 12.5. The third-order valence-corrected chi connectivity index (χ3v) is 2.88. The second kappa shape index (κ2) is 4.94. The summed E-state index contributed by atoms with van der Waals surface area (Å²) in [7, 11) is 0. The molecule has 0 atom stereocenters. The molecular weight excluding hydrogens is 455 g/mol. The summed E-state index contributed by atoms with van der Waals surface area (Å²) >= 11 is 3.41. The van der Waals surface area contributed by atoms with E-state index in [1.807, 2.05) is 22.6 Å². The largest absolute Gasteiger partial charge is 0.573 e. The highest BCUT2D eigenvalue weighted by molar-refractivity contribution is 14.1. The van der Waals surface area contributed by atoms with Gasteiger partial charge in [0.25, 0.3) is 0 Å². The molecule has 1 aromatic rings. The van der Waals surface area contributed by atoms with Gasteiger partial charge in [0.15, 0.2) is 5.75 Å². The summed E-state index contributed by atoms with van der Waals surface area (Å²) in [6, 6.07) is 2.51. The molecule has 0 radical (unpaired) electrons. The number of ether oxygens (including phenoxy) is 1. The molecule has 0 heterocycles. The van der Waals surface area contributed by atoms with E-state index >= 15 is 0 Å². The van der Waals surface area contributed by atoms with Crippen LogP contribution < -0.4 is 4.74 Å². The summed E-state index contributed by atoms with van der Waals surface area (Å²) in [5.74, 6) is -2.14. The van der Waals surface area contributed by atoms with Crippen molar-refractivity contribution in [2.75, 3.05) is 0 Å². The zero-order valence-electron chi connectivity index (χ0n) is 7.31. The lowest BCUT2D eigenvalue weighted by Gasteiger charge is -2.13. The Bertz CT molecular complexity index is 431. The maximum absolute atomic E-state index is 12.0. The molecule has 88 valence electrons. The van der Waals surface area contributed by atoms with Crippen molar-refractivity contribution in [2.24, 2.45) is 0 Å². The third-order valence-electron chi connectivity index (χ3n) is 1.46. The highest BCUT2D eigenvalue weighted by atomic mass is 127. The predicted octanol–water partition coefficient (Wildman–Crippen LogP) is 3.49. The highest BCUT2D eigenvalue weighted by Crippen LogP contribution is 2.32. The summed E-state index contributed by atoms with van der Waals surface area (Å²) in [6.07, 6.45) is -4.91. The molecule has 0 amide bonds. The van der Waals surface area contributed by atoms with Crippen LogP contribution in [0.1, 0.15) is 10.4 Å². The summed E-state index contributed by atoms with van der Waals surface area (Å²) in [5.41, 5.74) is -0.506. The Labute approximate surface area is 115 Å². The number of hydrogen-bond donors (Lipinski definition) is 1. The molecule has 3 nitrogen and oxygen atoms in total. The van der Waals surface area contributed by atoms with Crippen LogP contribution in [0.15, 0.2) is 12.1 Å². The summed E-state index contributed by atoms with van der Waals surface area (Å²) in [5, 5.41) is 8.76. The number of alkyl halides is 3. The van der Waals surface area contributed by atoms with Crippen LogP contribution in [0.2, 0.25) is 0 Å². The van der Waals surface area contributed by atoms with Crippen molar-refractivity contribution in [3.05, 3.63) is 24.8 Å². The van der Waals surface area contributed by atoms with Gasteiger partial charge in [-0.05, 0) is 57.3 Å². The standard InChI is InChI=1S/C8H3F3I2O3/c9-8(10,11)16-6-4(7(14)15)1-3(12)2-5(6)13/h1-2H,(H,14,15). The smallest absolute Gasteiger partial charge is 0.478 e. The molecule has 0 saturated heterocycles. The topological polar surface area (TPSA) is 46.5 Å². The van der Waals surface area contributed by atoms with Crippen LogP contribution in [0, 0.1) is 7.14 Å².